The van der Waals surface area contributed by atoms with Gasteiger partial charge in [0.25, 0.3) is 11.8 Å². The smallest absolute Gasteiger partial charge is 0.331 e. The number of aryl methyl sites for hydroxylation is 1. The minimum atomic E-state index is -0.741. The second-order valence-electron chi connectivity index (χ2n) is 8.35. The van der Waals surface area contributed by atoms with Gasteiger partial charge >= 0.3 is 6.03 Å². The van der Waals surface area contributed by atoms with E-state index in [0.717, 1.165) is 27.5 Å². The van der Waals surface area contributed by atoms with Gasteiger partial charge in [-0.05, 0) is 79.9 Å². The number of benzene rings is 2. The topological polar surface area (TPSA) is 89.9 Å². The van der Waals surface area contributed by atoms with E-state index in [9.17, 15) is 14.4 Å². The number of amides is 4. The second-order valence-corrected chi connectivity index (χ2v) is 8.79. The molecule has 36 heavy (non-hydrogen) atoms. The number of aromatic nitrogens is 1. The van der Waals surface area contributed by atoms with Gasteiger partial charge in [0.1, 0.15) is 5.57 Å². The monoisotopic (exact) mass is 507 g/mol. The van der Waals surface area contributed by atoms with Crippen LogP contribution >= 0.6 is 11.6 Å². The lowest BCUT2D eigenvalue weighted by atomic mass is 10.1. The van der Waals surface area contributed by atoms with Crippen molar-refractivity contribution in [2.24, 2.45) is 0 Å². The maximum Gasteiger partial charge on any atom is 0.331 e. The van der Waals surface area contributed by atoms with Crippen molar-refractivity contribution in [1.29, 1.82) is 0 Å². The number of ether oxygens (including phenoxy) is 2. The molecule has 4 rings (SSSR count). The Morgan fingerprint density at radius 1 is 0.944 bits per heavy atom. The third kappa shape index (κ3) is 4.85. The van der Waals surface area contributed by atoms with Crippen LogP contribution in [0, 0.1) is 13.8 Å². The quantitative estimate of drug-likeness (QED) is 0.376. The number of hydrogen-bond acceptors (Lipinski definition) is 5. The maximum absolute atomic E-state index is 13.2. The molecule has 8 nitrogen and oxygen atoms in total. The lowest BCUT2D eigenvalue weighted by Gasteiger charge is -2.26. The van der Waals surface area contributed by atoms with Crippen LogP contribution in [0.15, 0.2) is 54.1 Å². The highest BCUT2D eigenvalue weighted by molar-refractivity contribution is 6.31. The first-order chi connectivity index (χ1) is 17.2. The summed E-state index contributed by atoms with van der Waals surface area (Å²) in [4.78, 5) is 39.3. The van der Waals surface area contributed by atoms with Crippen molar-refractivity contribution in [1.82, 2.24) is 14.8 Å². The standard InChI is InChI=1S/C27H26ClN3O5/c1-16-13-19(17(2)31(16)21-8-6-20(28)7-9-21)15-22-25(32)29-27(34)30(26(22)33)12-11-18-5-10-23(35-3)24(14-18)36-4/h5-10,13-15H,11-12H2,1-4H3,(H,29,32,34). The van der Waals surface area contributed by atoms with Gasteiger partial charge in [0, 0.05) is 28.6 Å². The van der Waals surface area contributed by atoms with Gasteiger partial charge in [0.05, 0.1) is 14.2 Å². The van der Waals surface area contributed by atoms with E-state index >= 15 is 0 Å². The predicted molar refractivity (Wildman–Crippen MR) is 137 cm³/mol. The molecular formula is C27H26ClN3O5. The molecule has 1 fully saturated rings. The van der Waals surface area contributed by atoms with Gasteiger partial charge < -0.3 is 14.0 Å². The number of halogens is 1. The third-order valence-corrected chi connectivity index (χ3v) is 6.36. The molecule has 0 unspecified atom stereocenters. The van der Waals surface area contributed by atoms with Crippen LogP contribution in [0.3, 0.4) is 0 Å². The summed E-state index contributed by atoms with van der Waals surface area (Å²) in [6, 6.07) is 13.9. The fourth-order valence-corrected chi connectivity index (χ4v) is 4.38. The lowest BCUT2D eigenvalue weighted by Crippen LogP contribution is -2.54. The van der Waals surface area contributed by atoms with Crippen LogP contribution in [0.4, 0.5) is 4.79 Å². The molecule has 186 valence electrons. The van der Waals surface area contributed by atoms with Crippen LogP contribution in [0.5, 0.6) is 11.5 Å². The van der Waals surface area contributed by atoms with E-state index < -0.39 is 17.8 Å². The number of carbonyl (C=O) groups is 3. The van der Waals surface area contributed by atoms with Gasteiger partial charge in [0.2, 0.25) is 0 Å². The van der Waals surface area contributed by atoms with Crippen molar-refractivity contribution < 1.29 is 23.9 Å². The zero-order chi connectivity index (χ0) is 26.0. The average Bonchev–Trinajstić information content (AvgIpc) is 3.14. The van der Waals surface area contributed by atoms with Crippen molar-refractivity contribution in [3.63, 3.8) is 0 Å². The molecule has 0 aliphatic carbocycles. The molecule has 1 aliphatic rings. The number of nitrogens with one attached hydrogen (secondary N) is 1. The van der Waals surface area contributed by atoms with Crippen LogP contribution in [0.25, 0.3) is 11.8 Å². The Morgan fingerprint density at radius 3 is 2.31 bits per heavy atom. The molecule has 1 N–H and O–H groups in total. The Hall–Kier alpha value is -4.04. The van der Waals surface area contributed by atoms with Gasteiger partial charge in [-0.15, -0.1) is 0 Å². The summed E-state index contributed by atoms with van der Waals surface area (Å²) in [5, 5.41) is 2.91. The van der Waals surface area contributed by atoms with E-state index in [1.165, 1.54) is 13.2 Å². The van der Waals surface area contributed by atoms with Crippen LogP contribution < -0.4 is 14.8 Å². The maximum atomic E-state index is 13.2. The van der Waals surface area contributed by atoms with Crippen molar-refractivity contribution in [3.05, 3.63) is 81.6 Å². The van der Waals surface area contributed by atoms with E-state index in [0.29, 0.717) is 28.5 Å². The van der Waals surface area contributed by atoms with Gasteiger partial charge in [-0.25, -0.2) is 4.79 Å². The van der Waals surface area contributed by atoms with Gasteiger partial charge in [-0.1, -0.05) is 17.7 Å². The highest BCUT2D eigenvalue weighted by atomic mass is 35.5. The summed E-state index contributed by atoms with van der Waals surface area (Å²) in [6.07, 6.45) is 1.91. The first kappa shape index (κ1) is 25.1. The molecule has 0 saturated carbocycles. The van der Waals surface area contributed by atoms with Gasteiger partial charge in [-0.2, -0.15) is 0 Å². The Bertz CT molecular complexity index is 1370. The SMILES string of the molecule is COc1ccc(CCN2C(=O)NC(=O)C(=Cc3cc(C)n(-c4ccc(Cl)cc4)c3C)C2=O)cc1OC. The van der Waals surface area contributed by atoms with Gasteiger partial charge in [0.15, 0.2) is 11.5 Å². The molecule has 0 radical (unpaired) electrons. The van der Waals surface area contributed by atoms with E-state index in [1.807, 2.05) is 42.7 Å². The van der Waals surface area contributed by atoms with Crippen molar-refractivity contribution in [2.45, 2.75) is 20.3 Å². The molecule has 1 aromatic heterocycles. The fourth-order valence-electron chi connectivity index (χ4n) is 4.25. The molecule has 0 bridgehead atoms. The Morgan fingerprint density at radius 2 is 1.64 bits per heavy atom. The predicted octanol–water partition coefficient (Wildman–Crippen LogP) is 4.47. The first-order valence-corrected chi connectivity index (χ1v) is 11.7. The lowest BCUT2D eigenvalue weighted by molar-refractivity contribution is -0.130. The van der Waals surface area contributed by atoms with E-state index in [1.54, 1.807) is 31.4 Å². The Balaban J connectivity index is 1.59. The molecule has 2 aromatic carbocycles. The molecule has 1 saturated heterocycles. The first-order valence-electron chi connectivity index (χ1n) is 11.3. The minimum absolute atomic E-state index is 0.0918. The van der Waals surface area contributed by atoms with Crippen LogP contribution in [-0.4, -0.2) is 48.1 Å². The molecule has 1 aliphatic heterocycles. The van der Waals surface area contributed by atoms with Crippen molar-refractivity contribution >= 4 is 35.5 Å². The fraction of sp³-hybridized carbons (Fsp3) is 0.222. The number of nitrogens with zero attached hydrogens (tertiary/aromatic N) is 2. The van der Waals surface area contributed by atoms with E-state index in [2.05, 4.69) is 5.32 Å². The number of rotatable bonds is 7. The Kier molecular flexibility index (Phi) is 7.17. The highest BCUT2D eigenvalue weighted by Gasteiger charge is 2.35. The molecule has 9 heteroatoms. The van der Waals surface area contributed by atoms with E-state index in [-0.39, 0.29) is 12.1 Å². The Labute approximate surface area is 214 Å². The number of hydrogen-bond donors (Lipinski definition) is 1. The minimum Gasteiger partial charge on any atom is -0.493 e. The van der Waals surface area contributed by atoms with Crippen LogP contribution in [-0.2, 0) is 16.0 Å². The van der Waals surface area contributed by atoms with Crippen molar-refractivity contribution in [2.75, 3.05) is 20.8 Å². The third-order valence-electron chi connectivity index (χ3n) is 6.11. The van der Waals surface area contributed by atoms with Gasteiger partial charge in [-0.3, -0.25) is 19.8 Å². The zero-order valence-corrected chi connectivity index (χ0v) is 21.2. The summed E-state index contributed by atoms with van der Waals surface area (Å²) in [5.41, 5.74) is 4.13. The molecule has 0 atom stereocenters. The molecular weight excluding hydrogens is 482 g/mol. The summed E-state index contributed by atoms with van der Waals surface area (Å²) < 4.78 is 12.6. The van der Waals surface area contributed by atoms with Crippen LogP contribution in [0.2, 0.25) is 5.02 Å². The summed E-state index contributed by atoms with van der Waals surface area (Å²) in [6.45, 7) is 3.93. The highest BCUT2D eigenvalue weighted by Crippen LogP contribution is 2.28. The van der Waals surface area contributed by atoms with Crippen LogP contribution in [0.1, 0.15) is 22.5 Å². The number of urea groups is 1. The zero-order valence-electron chi connectivity index (χ0n) is 20.4. The number of imide groups is 2. The number of methoxy groups -OCH3 is 2. The normalized spacial score (nSPS) is 14.9. The molecule has 2 heterocycles. The van der Waals surface area contributed by atoms with E-state index in [4.69, 9.17) is 21.1 Å². The van der Waals surface area contributed by atoms with Crippen molar-refractivity contribution in [3.8, 4) is 17.2 Å². The number of barbiturate groups is 1. The molecule has 4 amide bonds. The largest absolute Gasteiger partial charge is 0.493 e. The summed E-state index contributed by atoms with van der Waals surface area (Å²) >= 11 is 6.02. The second kappa shape index (κ2) is 10.3. The molecule has 3 aromatic rings. The molecule has 0 spiro atoms. The summed E-state index contributed by atoms with van der Waals surface area (Å²) in [7, 11) is 3.09. The average molecular weight is 508 g/mol. The number of carbonyl (C=O) groups excluding carboxylic acids is 3. The summed E-state index contributed by atoms with van der Waals surface area (Å²) in [5.74, 6) is -0.222.